The number of ether oxygens (including phenoxy) is 2. The first kappa shape index (κ1) is 21.3. The minimum Gasteiger partial charge on any atom is -0.491 e. The highest BCUT2D eigenvalue weighted by Crippen LogP contribution is 2.32. The van der Waals surface area contributed by atoms with Crippen LogP contribution in [0.1, 0.15) is 30.6 Å². The molecule has 5 heterocycles. The van der Waals surface area contributed by atoms with Gasteiger partial charge in [-0.1, -0.05) is 0 Å². The summed E-state index contributed by atoms with van der Waals surface area (Å²) in [4.78, 5) is 13.2. The Bertz CT molecular complexity index is 1280. The monoisotopic (exact) mass is 444 g/mol. The molecule has 4 aromatic rings. The average Bonchev–Trinajstić information content (AvgIpc) is 3.36. The molecule has 0 saturated carbocycles. The number of aromatic nitrogens is 5. The van der Waals surface area contributed by atoms with Gasteiger partial charge in [0.05, 0.1) is 24.4 Å². The first-order valence-corrected chi connectivity index (χ1v) is 11.2. The molecule has 0 spiro atoms. The zero-order valence-corrected chi connectivity index (χ0v) is 19.4. The summed E-state index contributed by atoms with van der Waals surface area (Å²) in [5.41, 5.74) is 4.90. The largest absolute Gasteiger partial charge is 0.491 e. The lowest BCUT2D eigenvalue weighted by atomic mass is 10.0. The molecule has 1 aliphatic heterocycles. The van der Waals surface area contributed by atoms with Crippen molar-refractivity contribution in [1.82, 2.24) is 24.6 Å². The normalized spacial score (nSPS) is 18.1. The fourth-order valence-corrected chi connectivity index (χ4v) is 4.21. The topological polar surface area (TPSA) is 86.5 Å². The van der Waals surface area contributed by atoms with Gasteiger partial charge in [0.2, 0.25) is 0 Å². The Hall–Kier alpha value is -3.52. The Morgan fingerprint density at radius 2 is 1.97 bits per heavy atom. The molecule has 8 heteroatoms. The highest BCUT2D eigenvalue weighted by molar-refractivity contribution is 5.75. The van der Waals surface area contributed by atoms with E-state index in [0.717, 1.165) is 64.3 Å². The summed E-state index contributed by atoms with van der Waals surface area (Å²) in [5.74, 6) is 3.37. The summed E-state index contributed by atoms with van der Waals surface area (Å²) >= 11 is 0. The molecular formula is C25H28N6O2. The molecule has 33 heavy (non-hydrogen) atoms. The first-order valence-electron chi connectivity index (χ1n) is 11.2. The maximum atomic E-state index is 6.23. The molecule has 1 N–H and O–H groups in total. The van der Waals surface area contributed by atoms with Crippen LogP contribution in [0.15, 0.2) is 42.7 Å². The lowest BCUT2D eigenvalue weighted by molar-refractivity contribution is 0.0905. The summed E-state index contributed by atoms with van der Waals surface area (Å²) < 4.78 is 13.7. The van der Waals surface area contributed by atoms with Gasteiger partial charge in [-0.2, -0.15) is 5.10 Å². The van der Waals surface area contributed by atoms with Crippen molar-refractivity contribution < 1.29 is 9.47 Å². The van der Waals surface area contributed by atoms with E-state index in [2.05, 4.69) is 44.4 Å². The van der Waals surface area contributed by atoms with Crippen LogP contribution in [-0.4, -0.2) is 43.9 Å². The van der Waals surface area contributed by atoms with E-state index < -0.39 is 0 Å². The van der Waals surface area contributed by atoms with Gasteiger partial charge < -0.3 is 14.8 Å². The number of anilines is 2. The number of nitrogens with zero attached hydrogens (tertiary/aromatic N) is 5. The van der Waals surface area contributed by atoms with Gasteiger partial charge in [-0.05, 0) is 57.9 Å². The second-order valence-corrected chi connectivity index (χ2v) is 8.64. The standard InChI is InChI=1S/C25H28N6O2/c1-15-9-22(23(13-26-15)33-14-20-6-8-32-17(20)3)19-5-7-31-21(11-19)12-25(30-31)29-24-10-16(2)27-18(4)28-24/h5,7,9-13,17,20H,6,8,14H2,1-4H3,(H,27,28,29,30)/t17-,20+/m0/s1. The Balaban J connectivity index is 1.42. The molecule has 0 bridgehead atoms. The van der Waals surface area contributed by atoms with Gasteiger partial charge in [0.25, 0.3) is 0 Å². The van der Waals surface area contributed by atoms with Gasteiger partial charge in [0.1, 0.15) is 17.4 Å². The third-order valence-corrected chi connectivity index (χ3v) is 5.99. The van der Waals surface area contributed by atoms with Crippen LogP contribution in [0.2, 0.25) is 0 Å². The Labute approximate surface area is 193 Å². The van der Waals surface area contributed by atoms with E-state index in [0.29, 0.717) is 12.5 Å². The molecular weight excluding hydrogens is 416 g/mol. The van der Waals surface area contributed by atoms with E-state index in [1.807, 2.05) is 55.9 Å². The molecule has 1 saturated heterocycles. The van der Waals surface area contributed by atoms with Crippen LogP contribution in [-0.2, 0) is 4.74 Å². The van der Waals surface area contributed by atoms with E-state index in [1.54, 1.807) is 0 Å². The van der Waals surface area contributed by atoms with Crippen molar-refractivity contribution in [3.8, 4) is 16.9 Å². The molecule has 170 valence electrons. The summed E-state index contributed by atoms with van der Waals surface area (Å²) in [6.07, 6.45) is 5.03. The molecule has 0 unspecified atom stereocenters. The maximum Gasteiger partial charge on any atom is 0.154 e. The zero-order chi connectivity index (χ0) is 22.9. The number of nitrogens with one attached hydrogen (secondary N) is 1. The van der Waals surface area contributed by atoms with Crippen LogP contribution in [0, 0.1) is 26.7 Å². The lowest BCUT2D eigenvalue weighted by Crippen LogP contribution is -2.19. The van der Waals surface area contributed by atoms with E-state index in [4.69, 9.17) is 9.47 Å². The highest BCUT2D eigenvalue weighted by atomic mass is 16.5. The molecule has 0 aliphatic carbocycles. The minimum absolute atomic E-state index is 0.225. The van der Waals surface area contributed by atoms with Crippen LogP contribution in [0.4, 0.5) is 11.6 Å². The third kappa shape index (κ3) is 4.66. The van der Waals surface area contributed by atoms with E-state index in [9.17, 15) is 0 Å². The van der Waals surface area contributed by atoms with Crippen LogP contribution >= 0.6 is 0 Å². The van der Waals surface area contributed by atoms with E-state index in [-0.39, 0.29) is 6.10 Å². The van der Waals surface area contributed by atoms with Gasteiger partial charge in [0.15, 0.2) is 5.82 Å². The van der Waals surface area contributed by atoms with Gasteiger partial charge in [-0.3, -0.25) is 4.98 Å². The Morgan fingerprint density at radius 1 is 1.09 bits per heavy atom. The van der Waals surface area contributed by atoms with E-state index in [1.165, 1.54) is 0 Å². The quantitative estimate of drug-likeness (QED) is 0.463. The van der Waals surface area contributed by atoms with E-state index >= 15 is 0 Å². The summed E-state index contributed by atoms with van der Waals surface area (Å²) in [5, 5.41) is 7.91. The van der Waals surface area contributed by atoms with Crippen LogP contribution < -0.4 is 10.1 Å². The molecule has 4 aromatic heterocycles. The summed E-state index contributed by atoms with van der Waals surface area (Å²) in [6.45, 7) is 9.36. The van der Waals surface area contributed by atoms with Crippen molar-refractivity contribution in [3.63, 3.8) is 0 Å². The smallest absolute Gasteiger partial charge is 0.154 e. The van der Waals surface area contributed by atoms with Gasteiger partial charge in [0, 0.05) is 47.8 Å². The molecule has 8 nitrogen and oxygen atoms in total. The predicted octanol–water partition coefficient (Wildman–Crippen LogP) is 4.66. The predicted molar refractivity (Wildman–Crippen MR) is 127 cm³/mol. The summed E-state index contributed by atoms with van der Waals surface area (Å²) in [6, 6.07) is 10.1. The molecule has 0 amide bonds. The van der Waals surface area contributed by atoms with Crippen molar-refractivity contribution in [3.05, 3.63) is 59.9 Å². The van der Waals surface area contributed by atoms with Crippen molar-refractivity contribution in [1.29, 1.82) is 0 Å². The van der Waals surface area contributed by atoms with Gasteiger partial charge >= 0.3 is 0 Å². The van der Waals surface area contributed by atoms with Crippen molar-refractivity contribution >= 4 is 17.2 Å². The molecule has 0 radical (unpaired) electrons. The van der Waals surface area contributed by atoms with Crippen molar-refractivity contribution in [2.75, 3.05) is 18.5 Å². The average molecular weight is 445 g/mol. The third-order valence-electron chi connectivity index (χ3n) is 5.99. The second-order valence-electron chi connectivity index (χ2n) is 8.64. The van der Waals surface area contributed by atoms with Crippen LogP contribution in [0.3, 0.4) is 0 Å². The van der Waals surface area contributed by atoms with Crippen LogP contribution in [0.5, 0.6) is 5.75 Å². The molecule has 2 atom stereocenters. The maximum absolute atomic E-state index is 6.23. The highest BCUT2D eigenvalue weighted by Gasteiger charge is 2.25. The minimum atomic E-state index is 0.225. The molecule has 1 aliphatic rings. The number of rotatable bonds is 6. The molecule has 5 rings (SSSR count). The Kier molecular flexibility index (Phi) is 5.68. The number of aryl methyl sites for hydroxylation is 3. The number of hydrogen-bond acceptors (Lipinski definition) is 7. The summed E-state index contributed by atoms with van der Waals surface area (Å²) in [7, 11) is 0. The van der Waals surface area contributed by atoms with Crippen LogP contribution in [0.25, 0.3) is 16.6 Å². The lowest BCUT2D eigenvalue weighted by Gasteiger charge is -2.17. The molecule has 1 fully saturated rings. The zero-order valence-electron chi connectivity index (χ0n) is 19.4. The van der Waals surface area contributed by atoms with Crippen molar-refractivity contribution in [2.24, 2.45) is 5.92 Å². The van der Waals surface area contributed by atoms with Crippen molar-refractivity contribution in [2.45, 2.75) is 40.2 Å². The SMILES string of the molecule is Cc1cc(-c2ccn3nc(Nc4cc(C)nc(C)n4)cc3c2)c(OC[C@H]2CCO[C@H]2C)cn1. The molecule has 0 aromatic carbocycles. The first-order chi connectivity index (χ1) is 15.9. The fraction of sp³-hybridized carbons (Fsp3) is 0.360. The van der Waals surface area contributed by atoms with Gasteiger partial charge in [-0.25, -0.2) is 14.5 Å². The Morgan fingerprint density at radius 3 is 2.76 bits per heavy atom. The number of fused-ring (bicyclic) bond motifs is 1. The van der Waals surface area contributed by atoms with Gasteiger partial charge in [-0.15, -0.1) is 0 Å². The number of pyridine rings is 2. The second kappa shape index (κ2) is 8.78. The fourth-order valence-electron chi connectivity index (χ4n) is 4.21. The number of hydrogen-bond donors (Lipinski definition) is 1.